The summed E-state index contributed by atoms with van der Waals surface area (Å²) in [6, 6.07) is 2.71. The van der Waals surface area contributed by atoms with E-state index in [-0.39, 0.29) is 16.7 Å². The number of nitrogens with one attached hydrogen (secondary N) is 2. The minimum Gasteiger partial charge on any atom is -0.317 e. The second-order valence-electron chi connectivity index (χ2n) is 3.87. The Labute approximate surface area is 101 Å². The lowest BCUT2D eigenvalue weighted by Gasteiger charge is -2.08. The van der Waals surface area contributed by atoms with Crippen LogP contribution < -0.4 is 11.2 Å². The molecule has 2 N–H and O–H groups in total. The third kappa shape index (κ3) is 1.62. The minimum atomic E-state index is -4.54. The normalized spacial score (nSPS) is 12.4. The average molecular weight is 270 g/mol. The molecule has 0 radical (unpaired) electrons. The summed E-state index contributed by atoms with van der Waals surface area (Å²) in [6.45, 7) is 0. The quantitative estimate of drug-likeness (QED) is 0.636. The summed E-state index contributed by atoms with van der Waals surface area (Å²) in [5.74, 6) is 0. The van der Waals surface area contributed by atoms with Crippen LogP contribution in [0.15, 0.2) is 27.8 Å². The number of alkyl halides is 3. The van der Waals surface area contributed by atoms with Crippen molar-refractivity contribution < 1.29 is 13.2 Å². The second-order valence-corrected chi connectivity index (χ2v) is 3.87. The number of aromatic amines is 2. The van der Waals surface area contributed by atoms with Gasteiger partial charge >= 0.3 is 11.9 Å². The molecule has 0 unspecified atom stereocenters. The van der Waals surface area contributed by atoms with Crippen LogP contribution in [0.5, 0.6) is 0 Å². The first-order valence-electron chi connectivity index (χ1n) is 5.08. The zero-order valence-electron chi connectivity index (χ0n) is 9.08. The van der Waals surface area contributed by atoms with Crippen molar-refractivity contribution in [2.75, 3.05) is 0 Å². The lowest BCUT2D eigenvalue weighted by atomic mass is 10.2. The SMILES string of the molecule is O=c1[nH]c2ccc(C(F)(F)F)cc2n2c(=O)[nH]nc12. The van der Waals surface area contributed by atoms with Gasteiger partial charge < -0.3 is 4.98 Å². The molecule has 3 rings (SSSR count). The Balaban J connectivity index is 2.54. The van der Waals surface area contributed by atoms with Gasteiger partial charge in [-0.3, -0.25) is 4.79 Å². The van der Waals surface area contributed by atoms with Crippen molar-refractivity contribution in [1.82, 2.24) is 19.6 Å². The first-order valence-corrected chi connectivity index (χ1v) is 5.08. The van der Waals surface area contributed by atoms with Crippen molar-refractivity contribution in [1.29, 1.82) is 0 Å². The maximum absolute atomic E-state index is 12.6. The van der Waals surface area contributed by atoms with Crippen molar-refractivity contribution in [3.05, 3.63) is 44.6 Å². The summed E-state index contributed by atoms with van der Waals surface area (Å²) in [5.41, 5.74) is -2.58. The largest absolute Gasteiger partial charge is 0.416 e. The third-order valence-corrected chi connectivity index (χ3v) is 2.69. The van der Waals surface area contributed by atoms with E-state index in [1.807, 2.05) is 5.10 Å². The number of nitrogens with zero attached hydrogens (tertiary/aromatic N) is 2. The highest BCUT2D eigenvalue weighted by molar-refractivity contribution is 5.78. The van der Waals surface area contributed by atoms with Crippen LogP contribution in [0.3, 0.4) is 0 Å². The van der Waals surface area contributed by atoms with Gasteiger partial charge in [0.15, 0.2) is 0 Å². The molecule has 2 heterocycles. The second kappa shape index (κ2) is 3.46. The topological polar surface area (TPSA) is 83.0 Å². The van der Waals surface area contributed by atoms with Gasteiger partial charge in [-0.1, -0.05) is 0 Å². The first-order chi connectivity index (χ1) is 8.88. The molecule has 0 aliphatic rings. The summed E-state index contributed by atoms with van der Waals surface area (Å²) in [5, 5.41) is 5.48. The molecule has 19 heavy (non-hydrogen) atoms. The molecule has 3 aromatic rings. The standard InChI is InChI=1S/C10H5F3N4O2/c11-10(12,13)4-1-2-5-6(3-4)17-7(8(18)14-5)15-16-9(17)19/h1-3H,(H,14,18)(H,16,19). The predicted molar refractivity (Wildman–Crippen MR) is 58.9 cm³/mol. The molecule has 0 aliphatic carbocycles. The van der Waals surface area contributed by atoms with Crippen LogP contribution in [0.4, 0.5) is 13.2 Å². The van der Waals surface area contributed by atoms with Gasteiger partial charge in [0.25, 0.3) is 5.56 Å². The molecule has 0 spiro atoms. The number of halogens is 3. The van der Waals surface area contributed by atoms with Gasteiger partial charge in [0.05, 0.1) is 16.6 Å². The maximum Gasteiger partial charge on any atom is 0.416 e. The van der Waals surface area contributed by atoms with Gasteiger partial charge in [0.1, 0.15) is 0 Å². The summed E-state index contributed by atoms with van der Waals surface area (Å²) in [7, 11) is 0. The van der Waals surface area contributed by atoms with E-state index in [2.05, 4.69) is 10.1 Å². The van der Waals surface area contributed by atoms with Crippen LogP contribution in [0.2, 0.25) is 0 Å². The number of aromatic nitrogens is 4. The van der Waals surface area contributed by atoms with Gasteiger partial charge in [0, 0.05) is 0 Å². The van der Waals surface area contributed by atoms with Gasteiger partial charge in [-0.2, -0.15) is 13.2 Å². The number of hydrogen-bond donors (Lipinski definition) is 2. The van der Waals surface area contributed by atoms with Crippen molar-refractivity contribution in [3.8, 4) is 0 Å². The fourth-order valence-corrected chi connectivity index (χ4v) is 1.85. The third-order valence-electron chi connectivity index (χ3n) is 2.69. The van der Waals surface area contributed by atoms with Gasteiger partial charge in [-0.05, 0) is 18.2 Å². The Morgan fingerprint density at radius 3 is 2.63 bits per heavy atom. The van der Waals surface area contributed by atoms with E-state index >= 15 is 0 Å². The number of rotatable bonds is 0. The lowest BCUT2D eigenvalue weighted by molar-refractivity contribution is -0.137. The monoisotopic (exact) mass is 270 g/mol. The average Bonchev–Trinajstić information content (AvgIpc) is 2.71. The summed E-state index contributed by atoms with van der Waals surface area (Å²) < 4.78 is 38.7. The molecule has 9 heteroatoms. The fraction of sp³-hybridized carbons (Fsp3) is 0.100. The summed E-state index contributed by atoms with van der Waals surface area (Å²) in [6.07, 6.45) is -4.54. The predicted octanol–water partition coefficient (Wildman–Crippen LogP) is 0.883. The number of hydrogen-bond acceptors (Lipinski definition) is 3. The molecule has 2 aromatic heterocycles. The molecule has 0 fully saturated rings. The molecule has 0 atom stereocenters. The van der Waals surface area contributed by atoms with Crippen LogP contribution in [-0.2, 0) is 6.18 Å². The number of H-pyrrole nitrogens is 2. The van der Waals surface area contributed by atoms with E-state index in [4.69, 9.17) is 0 Å². The molecule has 0 bridgehead atoms. The maximum atomic E-state index is 12.6. The zero-order chi connectivity index (χ0) is 13.8. The molecule has 0 saturated heterocycles. The van der Waals surface area contributed by atoms with E-state index in [0.29, 0.717) is 0 Å². The molecule has 98 valence electrons. The van der Waals surface area contributed by atoms with Crippen molar-refractivity contribution >= 4 is 16.7 Å². The highest BCUT2D eigenvalue weighted by Crippen LogP contribution is 2.30. The lowest BCUT2D eigenvalue weighted by Crippen LogP contribution is -2.17. The smallest absolute Gasteiger partial charge is 0.317 e. The van der Waals surface area contributed by atoms with Gasteiger partial charge in [0.2, 0.25) is 5.65 Å². The van der Waals surface area contributed by atoms with E-state index in [0.717, 1.165) is 22.6 Å². The van der Waals surface area contributed by atoms with Crippen molar-refractivity contribution in [2.45, 2.75) is 6.18 Å². The van der Waals surface area contributed by atoms with E-state index in [9.17, 15) is 22.8 Å². The number of fused-ring (bicyclic) bond motifs is 3. The Morgan fingerprint density at radius 1 is 1.21 bits per heavy atom. The minimum absolute atomic E-state index is 0.0665. The molecular weight excluding hydrogens is 265 g/mol. The van der Waals surface area contributed by atoms with Gasteiger partial charge in [-0.25, -0.2) is 14.3 Å². The first kappa shape index (κ1) is 11.5. The molecular formula is C10H5F3N4O2. The molecule has 0 aliphatic heterocycles. The fourth-order valence-electron chi connectivity index (χ4n) is 1.85. The van der Waals surface area contributed by atoms with Crippen molar-refractivity contribution in [2.24, 2.45) is 0 Å². The van der Waals surface area contributed by atoms with E-state index in [1.165, 1.54) is 0 Å². The summed E-state index contributed by atoms with van der Waals surface area (Å²) in [4.78, 5) is 25.4. The molecule has 1 aromatic carbocycles. The molecule has 0 saturated carbocycles. The van der Waals surface area contributed by atoms with Crippen LogP contribution in [-0.4, -0.2) is 19.6 Å². The van der Waals surface area contributed by atoms with E-state index < -0.39 is 23.0 Å². The Hall–Kier alpha value is -2.58. The number of benzene rings is 1. The van der Waals surface area contributed by atoms with Gasteiger partial charge in [-0.15, -0.1) is 5.10 Å². The molecule has 6 nitrogen and oxygen atoms in total. The molecule has 0 amide bonds. The van der Waals surface area contributed by atoms with Crippen LogP contribution in [0.25, 0.3) is 16.7 Å². The Morgan fingerprint density at radius 2 is 1.95 bits per heavy atom. The summed E-state index contributed by atoms with van der Waals surface area (Å²) >= 11 is 0. The Kier molecular flexibility index (Phi) is 2.10. The van der Waals surface area contributed by atoms with E-state index in [1.54, 1.807) is 0 Å². The van der Waals surface area contributed by atoms with Crippen LogP contribution in [0.1, 0.15) is 5.56 Å². The van der Waals surface area contributed by atoms with Crippen LogP contribution >= 0.6 is 0 Å². The van der Waals surface area contributed by atoms with Crippen LogP contribution in [0, 0.1) is 0 Å². The highest BCUT2D eigenvalue weighted by atomic mass is 19.4. The van der Waals surface area contributed by atoms with Crippen molar-refractivity contribution in [3.63, 3.8) is 0 Å². The Bertz CT molecular complexity index is 903. The zero-order valence-corrected chi connectivity index (χ0v) is 9.08. The highest BCUT2D eigenvalue weighted by Gasteiger charge is 2.30.